The van der Waals surface area contributed by atoms with Gasteiger partial charge in [-0.05, 0) is 37.9 Å². The number of hydrogen-bond donors (Lipinski definition) is 1. The Morgan fingerprint density at radius 2 is 2.44 bits per heavy atom. The van der Waals surface area contributed by atoms with Gasteiger partial charge in [-0.2, -0.15) is 0 Å². The predicted molar refractivity (Wildman–Crippen MR) is 67.1 cm³/mol. The number of nitrogens with zero attached hydrogens (tertiary/aromatic N) is 1. The van der Waals surface area contributed by atoms with Crippen LogP contribution in [0.2, 0.25) is 0 Å². The number of rotatable bonds is 4. The van der Waals surface area contributed by atoms with Crippen molar-refractivity contribution in [2.75, 3.05) is 20.2 Å². The number of hydrogen-bond acceptors (Lipinski definition) is 5. The lowest BCUT2D eigenvalue weighted by Crippen LogP contribution is -2.29. The Labute approximate surface area is 107 Å². The van der Waals surface area contributed by atoms with Gasteiger partial charge in [-0.3, -0.25) is 4.90 Å². The Balaban J connectivity index is 1.91. The van der Waals surface area contributed by atoms with Gasteiger partial charge in [0, 0.05) is 12.6 Å². The molecule has 100 valence electrons. The number of furan rings is 1. The minimum atomic E-state index is -0.434. The minimum absolute atomic E-state index is 0.234. The zero-order valence-electron chi connectivity index (χ0n) is 10.9. The van der Waals surface area contributed by atoms with Gasteiger partial charge in [-0.25, -0.2) is 4.79 Å². The van der Waals surface area contributed by atoms with Crippen LogP contribution in [-0.4, -0.2) is 37.1 Å². The van der Waals surface area contributed by atoms with E-state index in [1.807, 2.05) is 6.07 Å². The third-order valence-corrected chi connectivity index (χ3v) is 3.48. The third kappa shape index (κ3) is 2.91. The molecule has 0 saturated carbocycles. The number of likely N-dealkylation sites (tertiary alicyclic amines) is 1. The van der Waals surface area contributed by atoms with Crippen LogP contribution in [-0.2, 0) is 11.3 Å². The lowest BCUT2D eigenvalue weighted by molar-refractivity contribution is 0.0561. The Hall–Kier alpha value is -1.33. The Kier molecular flexibility index (Phi) is 4.04. The van der Waals surface area contributed by atoms with E-state index in [0.717, 1.165) is 31.8 Å². The van der Waals surface area contributed by atoms with E-state index in [9.17, 15) is 4.79 Å². The van der Waals surface area contributed by atoms with Gasteiger partial charge in [0.05, 0.1) is 13.7 Å². The molecule has 1 fully saturated rings. The molecule has 2 heterocycles. The van der Waals surface area contributed by atoms with Gasteiger partial charge in [0.25, 0.3) is 0 Å². The average molecular weight is 252 g/mol. The van der Waals surface area contributed by atoms with Crippen molar-refractivity contribution in [3.63, 3.8) is 0 Å². The molecule has 2 atom stereocenters. The third-order valence-electron chi connectivity index (χ3n) is 3.48. The molecule has 1 saturated heterocycles. The van der Waals surface area contributed by atoms with Crippen molar-refractivity contribution in [2.45, 2.75) is 25.9 Å². The van der Waals surface area contributed by atoms with Gasteiger partial charge >= 0.3 is 5.97 Å². The van der Waals surface area contributed by atoms with E-state index >= 15 is 0 Å². The first kappa shape index (κ1) is 13.1. The van der Waals surface area contributed by atoms with E-state index in [4.69, 9.17) is 10.2 Å². The summed E-state index contributed by atoms with van der Waals surface area (Å²) in [4.78, 5) is 13.6. The second-order valence-electron chi connectivity index (χ2n) is 4.90. The highest BCUT2D eigenvalue weighted by Gasteiger charge is 2.25. The van der Waals surface area contributed by atoms with Gasteiger partial charge in [0.2, 0.25) is 5.76 Å². The molecule has 0 radical (unpaired) electrons. The van der Waals surface area contributed by atoms with E-state index in [1.165, 1.54) is 7.11 Å². The van der Waals surface area contributed by atoms with Crippen LogP contribution in [0.3, 0.4) is 0 Å². The Bertz CT molecular complexity index is 414. The topological polar surface area (TPSA) is 68.7 Å². The van der Waals surface area contributed by atoms with E-state index in [2.05, 4.69) is 16.6 Å². The number of esters is 1. The summed E-state index contributed by atoms with van der Waals surface area (Å²) in [5, 5.41) is 0. The van der Waals surface area contributed by atoms with Crippen LogP contribution in [0.4, 0.5) is 0 Å². The molecule has 0 bridgehead atoms. The molecular weight excluding hydrogens is 232 g/mol. The second kappa shape index (κ2) is 5.54. The van der Waals surface area contributed by atoms with Gasteiger partial charge in [0.15, 0.2) is 0 Å². The number of methoxy groups -OCH3 is 1. The first-order valence-corrected chi connectivity index (χ1v) is 6.25. The van der Waals surface area contributed by atoms with E-state index in [1.54, 1.807) is 6.07 Å². The minimum Gasteiger partial charge on any atom is -0.463 e. The van der Waals surface area contributed by atoms with Crippen molar-refractivity contribution in [1.82, 2.24) is 4.90 Å². The lowest BCUT2D eigenvalue weighted by atomic mass is 10.0. The molecule has 2 unspecified atom stereocenters. The lowest BCUT2D eigenvalue weighted by Gasteiger charge is -2.16. The SMILES string of the molecule is COC(=O)c1ccc(CN2CCC(C(C)N)C2)o1. The standard InChI is InChI=1S/C13H20N2O3/c1-9(14)10-5-6-15(7-10)8-11-3-4-12(18-11)13(16)17-2/h3-4,9-10H,5-8,14H2,1-2H3. The fraction of sp³-hybridized carbons (Fsp3) is 0.615. The predicted octanol–water partition coefficient (Wildman–Crippen LogP) is 1.24. The molecule has 0 amide bonds. The number of carbonyl (C=O) groups excluding carboxylic acids is 1. The summed E-state index contributed by atoms with van der Waals surface area (Å²) in [7, 11) is 1.35. The molecule has 0 aromatic carbocycles. The van der Waals surface area contributed by atoms with Gasteiger partial charge < -0.3 is 14.9 Å². The summed E-state index contributed by atoms with van der Waals surface area (Å²) in [6.45, 7) is 4.79. The molecule has 1 aliphatic rings. The monoisotopic (exact) mass is 252 g/mol. The molecule has 1 aromatic heterocycles. The normalized spacial score (nSPS) is 22.1. The maximum atomic E-state index is 11.3. The average Bonchev–Trinajstić information content (AvgIpc) is 2.98. The van der Waals surface area contributed by atoms with Gasteiger partial charge in [-0.1, -0.05) is 0 Å². The summed E-state index contributed by atoms with van der Waals surface area (Å²) >= 11 is 0. The van der Waals surface area contributed by atoms with Crippen molar-refractivity contribution in [1.29, 1.82) is 0 Å². The maximum Gasteiger partial charge on any atom is 0.373 e. The van der Waals surface area contributed by atoms with Crippen LogP contribution in [0, 0.1) is 5.92 Å². The first-order chi connectivity index (χ1) is 8.60. The fourth-order valence-corrected chi connectivity index (χ4v) is 2.33. The van der Waals surface area contributed by atoms with E-state index in [-0.39, 0.29) is 11.8 Å². The second-order valence-corrected chi connectivity index (χ2v) is 4.90. The maximum absolute atomic E-state index is 11.3. The highest BCUT2D eigenvalue weighted by Crippen LogP contribution is 2.21. The van der Waals surface area contributed by atoms with E-state index in [0.29, 0.717) is 5.92 Å². The van der Waals surface area contributed by atoms with Crippen LogP contribution in [0.1, 0.15) is 29.7 Å². The zero-order chi connectivity index (χ0) is 13.1. The zero-order valence-corrected chi connectivity index (χ0v) is 10.9. The molecule has 0 aliphatic carbocycles. The van der Waals surface area contributed by atoms with Crippen molar-refractivity contribution < 1.29 is 13.9 Å². The number of carbonyl (C=O) groups is 1. The fourth-order valence-electron chi connectivity index (χ4n) is 2.33. The largest absolute Gasteiger partial charge is 0.463 e. The molecule has 1 aromatic rings. The van der Waals surface area contributed by atoms with Gasteiger partial charge in [-0.15, -0.1) is 0 Å². The molecule has 5 nitrogen and oxygen atoms in total. The Morgan fingerprint density at radius 1 is 1.67 bits per heavy atom. The van der Waals surface area contributed by atoms with Crippen LogP contribution >= 0.6 is 0 Å². The smallest absolute Gasteiger partial charge is 0.373 e. The molecular formula is C13H20N2O3. The van der Waals surface area contributed by atoms with Crippen molar-refractivity contribution in [3.05, 3.63) is 23.7 Å². The summed E-state index contributed by atoms with van der Waals surface area (Å²) in [5.41, 5.74) is 5.90. The van der Waals surface area contributed by atoms with Gasteiger partial charge in [0.1, 0.15) is 5.76 Å². The van der Waals surface area contributed by atoms with Crippen LogP contribution in [0.25, 0.3) is 0 Å². The molecule has 2 rings (SSSR count). The van der Waals surface area contributed by atoms with Crippen molar-refractivity contribution >= 4 is 5.97 Å². The quantitative estimate of drug-likeness (QED) is 0.816. The highest BCUT2D eigenvalue weighted by molar-refractivity contribution is 5.86. The molecule has 5 heteroatoms. The summed E-state index contributed by atoms with van der Waals surface area (Å²) in [6, 6.07) is 3.71. The number of nitrogens with two attached hydrogens (primary N) is 1. The van der Waals surface area contributed by atoms with Crippen LogP contribution < -0.4 is 5.73 Å². The summed E-state index contributed by atoms with van der Waals surface area (Å²) in [6.07, 6.45) is 1.13. The van der Waals surface area contributed by atoms with Crippen LogP contribution in [0.5, 0.6) is 0 Å². The molecule has 2 N–H and O–H groups in total. The first-order valence-electron chi connectivity index (χ1n) is 6.25. The molecule has 1 aliphatic heterocycles. The Morgan fingerprint density at radius 3 is 3.06 bits per heavy atom. The van der Waals surface area contributed by atoms with Crippen molar-refractivity contribution in [3.8, 4) is 0 Å². The summed E-state index contributed by atoms with van der Waals surface area (Å²) < 4.78 is 10.1. The number of ether oxygens (including phenoxy) is 1. The van der Waals surface area contributed by atoms with Crippen molar-refractivity contribution in [2.24, 2.45) is 11.7 Å². The highest BCUT2D eigenvalue weighted by atomic mass is 16.5. The molecule has 18 heavy (non-hydrogen) atoms. The van der Waals surface area contributed by atoms with E-state index < -0.39 is 5.97 Å². The summed E-state index contributed by atoms with van der Waals surface area (Å²) in [5.74, 6) is 1.17. The van der Waals surface area contributed by atoms with Crippen LogP contribution in [0.15, 0.2) is 16.5 Å². The molecule has 0 spiro atoms.